The molecule has 1 rings (SSSR count). The van der Waals surface area contributed by atoms with Crippen LogP contribution in [0.3, 0.4) is 0 Å². The maximum absolute atomic E-state index is 12.0. The molecule has 1 fully saturated rings. The highest BCUT2D eigenvalue weighted by Gasteiger charge is 2.24. The molecule has 17 heavy (non-hydrogen) atoms. The van der Waals surface area contributed by atoms with Gasteiger partial charge in [-0.05, 0) is 53.8 Å². The molecule has 100 valence electrons. The summed E-state index contributed by atoms with van der Waals surface area (Å²) in [6, 6.07) is 0.377. The predicted octanol–water partition coefficient (Wildman–Crippen LogP) is 1.35. The zero-order chi connectivity index (χ0) is 13.1. The molecule has 1 saturated heterocycles. The molecule has 1 amide bonds. The first-order valence-corrected chi connectivity index (χ1v) is 6.38. The van der Waals surface area contributed by atoms with Crippen molar-refractivity contribution in [1.29, 1.82) is 0 Å². The lowest BCUT2D eigenvalue weighted by Gasteiger charge is -2.35. The van der Waals surface area contributed by atoms with Gasteiger partial charge in [-0.3, -0.25) is 4.79 Å². The molecule has 0 atom stereocenters. The Balaban J connectivity index is 2.36. The minimum absolute atomic E-state index is 0.0921. The summed E-state index contributed by atoms with van der Waals surface area (Å²) < 4.78 is 5.52. The summed E-state index contributed by atoms with van der Waals surface area (Å²) >= 11 is 0. The smallest absolute Gasteiger partial charge is 0.248 e. The molecule has 1 aliphatic heterocycles. The van der Waals surface area contributed by atoms with Crippen LogP contribution < -0.4 is 0 Å². The largest absolute Gasteiger partial charge is 0.366 e. The van der Waals surface area contributed by atoms with Gasteiger partial charge >= 0.3 is 0 Å². The number of ether oxygens (including phenoxy) is 1. The molecule has 4 nitrogen and oxygen atoms in total. The van der Waals surface area contributed by atoms with Crippen LogP contribution in [0.1, 0.15) is 33.6 Å². The normalized spacial score (nSPS) is 19.4. The summed E-state index contributed by atoms with van der Waals surface area (Å²) in [6.45, 7) is 8.23. The van der Waals surface area contributed by atoms with E-state index < -0.39 is 0 Å². The highest BCUT2D eigenvalue weighted by Crippen LogP contribution is 2.15. The third-order valence-electron chi connectivity index (χ3n) is 3.26. The monoisotopic (exact) mass is 242 g/mol. The van der Waals surface area contributed by atoms with Crippen molar-refractivity contribution in [3.8, 4) is 0 Å². The van der Waals surface area contributed by atoms with E-state index in [4.69, 9.17) is 4.74 Å². The summed E-state index contributed by atoms with van der Waals surface area (Å²) in [7, 11) is 4.02. The van der Waals surface area contributed by atoms with Crippen molar-refractivity contribution >= 4 is 5.91 Å². The number of carbonyl (C=O) groups is 1. The van der Waals surface area contributed by atoms with Crippen molar-refractivity contribution < 1.29 is 9.53 Å². The summed E-state index contributed by atoms with van der Waals surface area (Å²) in [5.74, 6) is 0.0921. The first kappa shape index (κ1) is 14.5. The average Bonchev–Trinajstić information content (AvgIpc) is 2.25. The van der Waals surface area contributed by atoms with Crippen molar-refractivity contribution in [2.75, 3.05) is 33.8 Å². The number of carbonyl (C=O) groups excluding carboxylic acids is 1. The SMILES string of the molecule is CN1CCC(N(C)C(=O)COC(C)(C)C)CC1. The summed E-state index contributed by atoms with van der Waals surface area (Å²) in [5.41, 5.74) is -0.247. The van der Waals surface area contributed by atoms with Crippen LogP contribution in [0.2, 0.25) is 0 Å². The second kappa shape index (κ2) is 5.83. The average molecular weight is 242 g/mol. The van der Waals surface area contributed by atoms with Crippen LogP contribution in [0.4, 0.5) is 0 Å². The van der Waals surface area contributed by atoms with Gasteiger partial charge < -0.3 is 14.5 Å². The number of rotatable bonds is 3. The van der Waals surface area contributed by atoms with Crippen molar-refractivity contribution in [3.63, 3.8) is 0 Å². The molecule has 0 aliphatic carbocycles. The lowest BCUT2D eigenvalue weighted by Crippen LogP contribution is -2.46. The lowest BCUT2D eigenvalue weighted by atomic mass is 10.0. The first-order chi connectivity index (χ1) is 7.79. The molecule has 1 aliphatic rings. The number of likely N-dealkylation sites (N-methyl/N-ethyl adjacent to an activating group) is 1. The number of amides is 1. The van der Waals surface area contributed by atoms with Gasteiger partial charge in [0.05, 0.1) is 5.60 Å². The van der Waals surface area contributed by atoms with E-state index in [0.717, 1.165) is 25.9 Å². The van der Waals surface area contributed by atoms with E-state index in [1.54, 1.807) is 0 Å². The van der Waals surface area contributed by atoms with E-state index in [1.807, 2.05) is 32.7 Å². The number of hydrogen-bond donors (Lipinski definition) is 0. The van der Waals surface area contributed by atoms with Crippen LogP contribution in [-0.2, 0) is 9.53 Å². The van der Waals surface area contributed by atoms with Crippen molar-refractivity contribution in [2.24, 2.45) is 0 Å². The van der Waals surface area contributed by atoms with Crippen molar-refractivity contribution in [1.82, 2.24) is 9.80 Å². The molecule has 0 spiro atoms. The van der Waals surface area contributed by atoms with E-state index in [-0.39, 0.29) is 18.1 Å². The van der Waals surface area contributed by atoms with E-state index in [0.29, 0.717) is 6.04 Å². The summed E-state index contributed by atoms with van der Waals surface area (Å²) in [4.78, 5) is 16.1. The lowest BCUT2D eigenvalue weighted by molar-refractivity contribution is -0.142. The first-order valence-electron chi connectivity index (χ1n) is 6.38. The molecule has 1 heterocycles. The summed E-state index contributed by atoms with van der Waals surface area (Å²) in [6.07, 6.45) is 2.13. The highest BCUT2D eigenvalue weighted by molar-refractivity contribution is 5.77. The highest BCUT2D eigenvalue weighted by atomic mass is 16.5. The summed E-state index contributed by atoms with van der Waals surface area (Å²) in [5, 5.41) is 0. The zero-order valence-electron chi connectivity index (χ0n) is 11.8. The van der Waals surface area contributed by atoms with Crippen LogP contribution in [0.25, 0.3) is 0 Å². The van der Waals surface area contributed by atoms with Crippen LogP contribution in [0.15, 0.2) is 0 Å². The number of piperidine rings is 1. The Hall–Kier alpha value is -0.610. The van der Waals surface area contributed by atoms with E-state index in [9.17, 15) is 4.79 Å². The van der Waals surface area contributed by atoms with E-state index in [1.165, 1.54) is 0 Å². The molecule has 0 unspecified atom stereocenters. The second-order valence-corrected chi connectivity index (χ2v) is 5.94. The van der Waals surface area contributed by atoms with Gasteiger partial charge in [0.15, 0.2) is 0 Å². The number of hydrogen-bond acceptors (Lipinski definition) is 3. The minimum Gasteiger partial charge on any atom is -0.366 e. The van der Waals surface area contributed by atoms with Gasteiger partial charge in [0.25, 0.3) is 0 Å². The molecular formula is C13H26N2O2. The Morgan fingerprint density at radius 2 is 1.88 bits per heavy atom. The van der Waals surface area contributed by atoms with Crippen LogP contribution >= 0.6 is 0 Å². The predicted molar refractivity (Wildman–Crippen MR) is 69.0 cm³/mol. The standard InChI is InChI=1S/C13H26N2O2/c1-13(2,3)17-10-12(16)15(5)11-6-8-14(4)9-7-11/h11H,6-10H2,1-5H3. The fraction of sp³-hybridized carbons (Fsp3) is 0.923. The maximum Gasteiger partial charge on any atom is 0.248 e. The molecular weight excluding hydrogens is 216 g/mol. The van der Waals surface area contributed by atoms with Gasteiger partial charge in [-0.25, -0.2) is 0 Å². The topological polar surface area (TPSA) is 32.8 Å². The fourth-order valence-electron chi connectivity index (χ4n) is 1.97. The minimum atomic E-state index is -0.247. The Kier molecular flexibility index (Phi) is 4.95. The molecule has 0 bridgehead atoms. The third kappa shape index (κ3) is 5.04. The molecule has 0 saturated carbocycles. The van der Waals surface area contributed by atoms with Gasteiger partial charge in [0, 0.05) is 13.1 Å². The van der Waals surface area contributed by atoms with Crippen LogP contribution in [0, 0.1) is 0 Å². The van der Waals surface area contributed by atoms with Crippen LogP contribution in [-0.4, -0.2) is 61.1 Å². The Labute approximate surface area is 105 Å². The molecule has 0 aromatic rings. The van der Waals surface area contributed by atoms with Gasteiger partial charge in [-0.2, -0.15) is 0 Å². The zero-order valence-corrected chi connectivity index (χ0v) is 11.8. The van der Waals surface area contributed by atoms with Gasteiger partial charge in [0.1, 0.15) is 6.61 Å². The quantitative estimate of drug-likeness (QED) is 0.749. The van der Waals surface area contributed by atoms with E-state index in [2.05, 4.69) is 11.9 Å². The maximum atomic E-state index is 12.0. The molecule has 0 aromatic carbocycles. The Bertz CT molecular complexity index is 253. The van der Waals surface area contributed by atoms with Gasteiger partial charge in [-0.1, -0.05) is 0 Å². The van der Waals surface area contributed by atoms with Crippen molar-refractivity contribution in [2.45, 2.75) is 45.3 Å². The number of nitrogens with zero attached hydrogens (tertiary/aromatic N) is 2. The van der Waals surface area contributed by atoms with Crippen molar-refractivity contribution in [3.05, 3.63) is 0 Å². The fourth-order valence-corrected chi connectivity index (χ4v) is 1.97. The molecule has 0 N–H and O–H groups in total. The van der Waals surface area contributed by atoms with E-state index >= 15 is 0 Å². The molecule has 0 radical (unpaired) electrons. The van der Waals surface area contributed by atoms with Gasteiger partial charge in [0.2, 0.25) is 5.91 Å². The molecule has 4 heteroatoms. The third-order valence-corrected chi connectivity index (χ3v) is 3.26. The second-order valence-electron chi connectivity index (χ2n) is 5.94. The molecule has 0 aromatic heterocycles. The Morgan fingerprint density at radius 1 is 1.35 bits per heavy atom. The van der Waals surface area contributed by atoms with Gasteiger partial charge in [-0.15, -0.1) is 0 Å². The number of likely N-dealkylation sites (tertiary alicyclic amines) is 1. The Morgan fingerprint density at radius 3 is 2.35 bits per heavy atom. The van der Waals surface area contributed by atoms with Crippen LogP contribution in [0.5, 0.6) is 0 Å².